The van der Waals surface area contributed by atoms with E-state index in [9.17, 15) is 13.2 Å². The molecule has 0 heterocycles. The van der Waals surface area contributed by atoms with E-state index in [1.54, 1.807) is 25.1 Å². The Bertz CT molecular complexity index is 862. The molecule has 126 valence electrons. The van der Waals surface area contributed by atoms with Gasteiger partial charge in [-0.15, -0.1) is 6.58 Å². The van der Waals surface area contributed by atoms with Crippen molar-refractivity contribution >= 4 is 33.2 Å². The number of amides is 1. The Hall–Kier alpha value is -2.15. The number of carbonyl (C=O) groups is 1. The van der Waals surface area contributed by atoms with E-state index in [1.807, 2.05) is 0 Å². The first-order valence-electron chi connectivity index (χ1n) is 7.12. The number of rotatable bonds is 6. The summed E-state index contributed by atoms with van der Waals surface area (Å²) in [6, 6.07) is 10.9. The fraction of sp³-hybridized carbons (Fsp3) is 0.118. The third-order valence-corrected chi connectivity index (χ3v) is 5.21. The molecule has 2 rings (SSSR count). The van der Waals surface area contributed by atoms with Crippen molar-refractivity contribution in [3.8, 4) is 0 Å². The maximum atomic E-state index is 12.3. The summed E-state index contributed by atoms with van der Waals surface area (Å²) in [6.45, 7) is 5.40. The summed E-state index contributed by atoms with van der Waals surface area (Å²) in [5.41, 5.74) is 1.72. The van der Waals surface area contributed by atoms with Crippen LogP contribution in [0.1, 0.15) is 15.9 Å². The predicted molar refractivity (Wildman–Crippen MR) is 96.0 cm³/mol. The lowest BCUT2D eigenvalue weighted by atomic mass is 10.1. The molecule has 0 atom stereocenters. The van der Waals surface area contributed by atoms with Gasteiger partial charge in [-0.05, 0) is 48.9 Å². The number of carbonyl (C=O) groups excluding carboxylic acids is 1. The second kappa shape index (κ2) is 7.61. The zero-order valence-corrected chi connectivity index (χ0v) is 14.6. The molecule has 0 aliphatic heterocycles. The molecule has 0 aliphatic rings. The molecule has 1 amide bonds. The highest BCUT2D eigenvalue weighted by Gasteiger charge is 2.14. The van der Waals surface area contributed by atoms with Gasteiger partial charge in [0.25, 0.3) is 5.91 Å². The van der Waals surface area contributed by atoms with Crippen LogP contribution in [0.25, 0.3) is 0 Å². The third-order valence-electron chi connectivity index (χ3n) is 3.36. The number of nitrogens with one attached hydrogen (secondary N) is 2. The second-order valence-electron chi connectivity index (χ2n) is 5.03. The highest BCUT2D eigenvalue weighted by Crippen LogP contribution is 2.23. The van der Waals surface area contributed by atoms with Gasteiger partial charge in [0.2, 0.25) is 10.0 Å². The summed E-state index contributed by atoms with van der Waals surface area (Å²) in [7, 11) is -3.61. The van der Waals surface area contributed by atoms with Crippen molar-refractivity contribution in [1.29, 1.82) is 0 Å². The van der Waals surface area contributed by atoms with Gasteiger partial charge in [-0.2, -0.15) is 0 Å². The van der Waals surface area contributed by atoms with Gasteiger partial charge in [0, 0.05) is 22.8 Å². The number of hydrogen-bond acceptors (Lipinski definition) is 3. The summed E-state index contributed by atoms with van der Waals surface area (Å²) in [6.07, 6.45) is 1.45. The van der Waals surface area contributed by atoms with Crippen LogP contribution in [0, 0.1) is 6.92 Å². The molecule has 0 aliphatic carbocycles. The first kappa shape index (κ1) is 18.2. The largest absolute Gasteiger partial charge is 0.322 e. The Morgan fingerprint density at radius 3 is 2.50 bits per heavy atom. The fourth-order valence-electron chi connectivity index (χ4n) is 1.97. The van der Waals surface area contributed by atoms with Crippen LogP contribution in [-0.4, -0.2) is 20.9 Å². The maximum absolute atomic E-state index is 12.3. The monoisotopic (exact) mass is 364 g/mol. The van der Waals surface area contributed by atoms with Crippen molar-refractivity contribution in [1.82, 2.24) is 4.72 Å². The van der Waals surface area contributed by atoms with Crippen molar-refractivity contribution in [3.63, 3.8) is 0 Å². The van der Waals surface area contributed by atoms with Crippen molar-refractivity contribution in [2.45, 2.75) is 11.8 Å². The first-order valence-corrected chi connectivity index (χ1v) is 8.98. The summed E-state index contributed by atoms with van der Waals surface area (Å²) in [5.74, 6) is -0.344. The van der Waals surface area contributed by atoms with E-state index in [2.05, 4.69) is 16.6 Å². The average molecular weight is 365 g/mol. The molecular weight excluding hydrogens is 348 g/mol. The molecule has 24 heavy (non-hydrogen) atoms. The van der Waals surface area contributed by atoms with E-state index in [0.29, 0.717) is 16.3 Å². The lowest BCUT2D eigenvalue weighted by Gasteiger charge is -2.10. The van der Waals surface area contributed by atoms with Crippen LogP contribution in [0.5, 0.6) is 0 Å². The maximum Gasteiger partial charge on any atom is 0.255 e. The Morgan fingerprint density at radius 1 is 1.21 bits per heavy atom. The van der Waals surface area contributed by atoms with Crippen LogP contribution in [0.4, 0.5) is 5.69 Å². The summed E-state index contributed by atoms with van der Waals surface area (Å²) < 4.78 is 26.3. The molecule has 0 fully saturated rings. The SMILES string of the molecule is C=CCNS(=O)(=O)c1ccc(C(=O)Nc2cccc(Cl)c2C)cc1. The standard InChI is InChI=1S/C17H17ClN2O3S/c1-3-11-19-24(22,23)14-9-7-13(8-10-14)17(21)20-16-6-4-5-15(18)12(16)2/h3-10,19H,1,11H2,2H3,(H,20,21). The highest BCUT2D eigenvalue weighted by atomic mass is 35.5. The van der Waals surface area contributed by atoms with Crippen molar-refractivity contribution in [2.24, 2.45) is 0 Å². The molecule has 7 heteroatoms. The molecule has 0 radical (unpaired) electrons. The number of benzene rings is 2. The molecular formula is C17H17ClN2O3S. The minimum Gasteiger partial charge on any atom is -0.322 e. The van der Waals surface area contributed by atoms with E-state index in [-0.39, 0.29) is 17.3 Å². The van der Waals surface area contributed by atoms with Crippen LogP contribution in [-0.2, 0) is 10.0 Å². The van der Waals surface area contributed by atoms with Gasteiger partial charge >= 0.3 is 0 Å². The smallest absolute Gasteiger partial charge is 0.255 e. The van der Waals surface area contributed by atoms with Gasteiger partial charge in [0.15, 0.2) is 0 Å². The number of halogens is 1. The zero-order valence-electron chi connectivity index (χ0n) is 13.0. The number of anilines is 1. The quantitative estimate of drug-likeness (QED) is 0.772. The molecule has 0 bridgehead atoms. The molecule has 0 aromatic heterocycles. The molecule has 0 saturated carbocycles. The van der Waals surface area contributed by atoms with Gasteiger partial charge in [-0.25, -0.2) is 13.1 Å². The van der Waals surface area contributed by atoms with E-state index < -0.39 is 10.0 Å². The molecule has 2 aromatic carbocycles. The Labute approximate surface area is 146 Å². The normalized spacial score (nSPS) is 11.1. The lowest BCUT2D eigenvalue weighted by Crippen LogP contribution is -2.23. The second-order valence-corrected chi connectivity index (χ2v) is 7.21. The van der Waals surface area contributed by atoms with Gasteiger partial charge in [-0.1, -0.05) is 23.7 Å². The Kier molecular flexibility index (Phi) is 5.77. The van der Waals surface area contributed by atoms with E-state index >= 15 is 0 Å². The topological polar surface area (TPSA) is 75.3 Å². The molecule has 2 aromatic rings. The molecule has 5 nitrogen and oxygen atoms in total. The van der Waals surface area contributed by atoms with Crippen LogP contribution < -0.4 is 10.0 Å². The molecule has 0 spiro atoms. The summed E-state index contributed by atoms with van der Waals surface area (Å²) >= 11 is 6.02. The highest BCUT2D eigenvalue weighted by molar-refractivity contribution is 7.89. The van der Waals surface area contributed by atoms with E-state index in [1.165, 1.54) is 30.3 Å². The Morgan fingerprint density at radius 2 is 1.88 bits per heavy atom. The van der Waals surface area contributed by atoms with E-state index in [0.717, 1.165) is 5.56 Å². The third kappa shape index (κ3) is 4.23. The van der Waals surface area contributed by atoms with Crippen molar-refractivity contribution in [2.75, 3.05) is 11.9 Å². The van der Waals surface area contributed by atoms with E-state index in [4.69, 9.17) is 11.6 Å². The summed E-state index contributed by atoms with van der Waals surface area (Å²) in [5, 5.41) is 3.32. The lowest BCUT2D eigenvalue weighted by molar-refractivity contribution is 0.102. The van der Waals surface area contributed by atoms with Crippen LogP contribution in [0.2, 0.25) is 5.02 Å². The molecule has 0 saturated heterocycles. The minimum absolute atomic E-state index is 0.0832. The average Bonchev–Trinajstić information content (AvgIpc) is 2.57. The number of sulfonamides is 1. The van der Waals surface area contributed by atoms with Gasteiger partial charge in [0.1, 0.15) is 0 Å². The predicted octanol–water partition coefficient (Wildman–Crippen LogP) is 3.37. The summed E-state index contributed by atoms with van der Waals surface area (Å²) in [4.78, 5) is 12.4. The fourth-order valence-corrected chi connectivity index (χ4v) is 3.15. The zero-order chi connectivity index (χ0) is 17.7. The molecule has 2 N–H and O–H groups in total. The van der Waals surface area contributed by atoms with Crippen molar-refractivity contribution in [3.05, 3.63) is 71.3 Å². The molecule has 0 unspecified atom stereocenters. The van der Waals surface area contributed by atoms with Crippen LogP contribution >= 0.6 is 11.6 Å². The first-order chi connectivity index (χ1) is 11.3. The van der Waals surface area contributed by atoms with Crippen LogP contribution in [0.15, 0.2) is 60.0 Å². The Balaban J connectivity index is 2.17. The number of hydrogen-bond donors (Lipinski definition) is 2. The minimum atomic E-state index is -3.61. The van der Waals surface area contributed by atoms with Crippen LogP contribution in [0.3, 0.4) is 0 Å². The van der Waals surface area contributed by atoms with Gasteiger partial charge < -0.3 is 5.32 Å². The van der Waals surface area contributed by atoms with Gasteiger partial charge in [0.05, 0.1) is 4.90 Å². The van der Waals surface area contributed by atoms with Gasteiger partial charge in [-0.3, -0.25) is 4.79 Å². The van der Waals surface area contributed by atoms with Crippen molar-refractivity contribution < 1.29 is 13.2 Å².